The molecule has 4 nitrogen and oxygen atoms in total. The average molecular weight is 283 g/mol. The molecule has 2 rings (SSSR count). The number of phenols is 1. The molecular weight excluding hydrogens is 275 g/mol. The number of phenolic OH excluding ortho intramolecular Hbond substituents is 1. The van der Waals surface area contributed by atoms with Gasteiger partial charge in [0, 0.05) is 11.3 Å². The van der Waals surface area contributed by atoms with E-state index < -0.39 is 0 Å². The standard InChI is InChI=1S/C12H8Cl2N2O2/c13-10-5-7(6-11(14)16-10)12(18)15-8-1-3-9(17)4-2-8/h1-6,17H,(H,15,18). The molecule has 1 amide bonds. The van der Waals surface area contributed by atoms with E-state index in [4.69, 9.17) is 28.3 Å². The number of carbonyl (C=O) groups is 1. The van der Waals surface area contributed by atoms with E-state index in [1.165, 1.54) is 24.3 Å². The Morgan fingerprint density at radius 3 is 2.22 bits per heavy atom. The van der Waals surface area contributed by atoms with Crippen LogP contribution in [0.3, 0.4) is 0 Å². The van der Waals surface area contributed by atoms with Crippen LogP contribution in [-0.2, 0) is 0 Å². The zero-order valence-corrected chi connectivity index (χ0v) is 10.5. The zero-order valence-electron chi connectivity index (χ0n) is 9.02. The summed E-state index contributed by atoms with van der Waals surface area (Å²) in [5, 5.41) is 12.1. The number of hydrogen-bond acceptors (Lipinski definition) is 3. The highest BCUT2D eigenvalue weighted by molar-refractivity contribution is 6.33. The summed E-state index contributed by atoms with van der Waals surface area (Å²) in [6.07, 6.45) is 0. The Bertz CT molecular complexity index is 565. The molecule has 0 aliphatic heterocycles. The summed E-state index contributed by atoms with van der Waals surface area (Å²) in [6, 6.07) is 8.95. The number of pyridine rings is 1. The molecule has 2 aromatic rings. The maximum atomic E-state index is 11.9. The Morgan fingerprint density at radius 1 is 1.11 bits per heavy atom. The smallest absolute Gasteiger partial charge is 0.255 e. The molecule has 92 valence electrons. The molecule has 0 unspecified atom stereocenters. The molecular formula is C12H8Cl2N2O2. The van der Waals surface area contributed by atoms with Gasteiger partial charge in [0.2, 0.25) is 0 Å². The van der Waals surface area contributed by atoms with E-state index in [0.717, 1.165) is 0 Å². The van der Waals surface area contributed by atoms with Crippen molar-refractivity contribution in [1.82, 2.24) is 4.98 Å². The number of nitrogens with zero attached hydrogens (tertiary/aromatic N) is 1. The van der Waals surface area contributed by atoms with Gasteiger partial charge in [-0.2, -0.15) is 0 Å². The first-order valence-corrected chi connectivity index (χ1v) is 5.73. The van der Waals surface area contributed by atoms with E-state index in [-0.39, 0.29) is 22.0 Å². The van der Waals surface area contributed by atoms with Gasteiger partial charge in [-0.25, -0.2) is 4.98 Å². The Kier molecular flexibility index (Phi) is 3.69. The van der Waals surface area contributed by atoms with Crippen molar-refractivity contribution in [2.24, 2.45) is 0 Å². The lowest BCUT2D eigenvalue weighted by molar-refractivity contribution is 0.102. The predicted octanol–water partition coefficient (Wildman–Crippen LogP) is 3.35. The molecule has 0 aliphatic rings. The molecule has 0 spiro atoms. The molecule has 2 N–H and O–H groups in total. The summed E-state index contributed by atoms with van der Waals surface area (Å²) in [4.78, 5) is 15.6. The first-order valence-electron chi connectivity index (χ1n) is 4.98. The highest BCUT2D eigenvalue weighted by atomic mass is 35.5. The number of benzene rings is 1. The number of carbonyl (C=O) groups excluding carboxylic acids is 1. The highest BCUT2D eigenvalue weighted by Gasteiger charge is 2.09. The summed E-state index contributed by atoms with van der Waals surface area (Å²) >= 11 is 11.4. The molecule has 0 bridgehead atoms. The van der Waals surface area contributed by atoms with Crippen LogP contribution in [-0.4, -0.2) is 16.0 Å². The van der Waals surface area contributed by atoms with E-state index in [1.807, 2.05) is 0 Å². The second kappa shape index (κ2) is 5.25. The molecule has 1 aromatic heterocycles. The molecule has 6 heteroatoms. The summed E-state index contributed by atoms with van der Waals surface area (Å²) in [5.41, 5.74) is 0.870. The van der Waals surface area contributed by atoms with Gasteiger partial charge in [-0.1, -0.05) is 23.2 Å². The van der Waals surface area contributed by atoms with Gasteiger partial charge in [0.25, 0.3) is 5.91 Å². The normalized spacial score (nSPS) is 10.1. The van der Waals surface area contributed by atoms with Crippen molar-refractivity contribution in [3.63, 3.8) is 0 Å². The lowest BCUT2D eigenvalue weighted by Gasteiger charge is -2.05. The van der Waals surface area contributed by atoms with Crippen LogP contribution in [0.15, 0.2) is 36.4 Å². The van der Waals surface area contributed by atoms with E-state index in [1.54, 1.807) is 12.1 Å². The molecule has 1 aromatic carbocycles. The summed E-state index contributed by atoms with van der Waals surface area (Å²) < 4.78 is 0. The Labute approximate surface area is 113 Å². The van der Waals surface area contributed by atoms with Crippen LogP contribution < -0.4 is 5.32 Å². The monoisotopic (exact) mass is 282 g/mol. The van der Waals surface area contributed by atoms with Crippen molar-refractivity contribution in [3.8, 4) is 5.75 Å². The van der Waals surface area contributed by atoms with Gasteiger partial charge < -0.3 is 10.4 Å². The zero-order chi connectivity index (χ0) is 13.1. The first-order chi connectivity index (χ1) is 8.54. The van der Waals surface area contributed by atoms with Crippen LogP contribution in [0, 0.1) is 0 Å². The van der Waals surface area contributed by atoms with Crippen molar-refractivity contribution in [1.29, 1.82) is 0 Å². The van der Waals surface area contributed by atoms with Crippen molar-refractivity contribution >= 4 is 34.8 Å². The largest absolute Gasteiger partial charge is 0.508 e. The molecule has 0 atom stereocenters. The van der Waals surface area contributed by atoms with Gasteiger partial charge in [0.1, 0.15) is 16.1 Å². The lowest BCUT2D eigenvalue weighted by Crippen LogP contribution is -2.12. The number of nitrogens with one attached hydrogen (secondary N) is 1. The third-order valence-electron chi connectivity index (χ3n) is 2.15. The molecule has 0 fully saturated rings. The van der Waals surface area contributed by atoms with Gasteiger partial charge >= 0.3 is 0 Å². The number of rotatable bonds is 2. The van der Waals surface area contributed by atoms with Crippen molar-refractivity contribution in [2.45, 2.75) is 0 Å². The van der Waals surface area contributed by atoms with Gasteiger partial charge in [-0.15, -0.1) is 0 Å². The Hall–Kier alpha value is -1.78. The molecule has 0 radical (unpaired) electrons. The molecule has 0 saturated carbocycles. The van der Waals surface area contributed by atoms with E-state index in [9.17, 15) is 4.79 Å². The lowest BCUT2D eigenvalue weighted by atomic mass is 10.2. The minimum absolute atomic E-state index is 0.128. The Morgan fingerprint density at radius 2 is 1.67 bits per heavy atom. The fourth-order valence-electron chi connectivity index (χ4n) is 1.34. The fraction of sp³-hybridized carbons (Fsp3) is 0. The maximum Gasteiger partial charge on any atom is 0.255 e. The predicted molar refractivity (Wildman–Crippen MR) is 70.3 cm³/mol. The van der Waals surface area contributed by atoms with Gasteiger partial charge in [-0.3, -0.25) is 4.79 Å². The molecule has 0 saturated heterocycles. The fourth-order valence-corrected chi connectivity index (χ4v) is 1.80. The maximum absolute atomic E-state index is 11.9. The van der Waals surface area contributed by atoms with Crippen LogP contribution in [0.4, 0.5) is 5.69 Å². The molecule has 18 heavy (non-hydrogen) atoms. The first kappa shape index (κ1) is 12.7. The number of halogens is 2. The minimum atomic E-state index is -0.355. The van der Waals surface area contributed by atoms with Crippen LogP contribution in [0.5, 0.6) is 5.75 Å². The summed E-state index contributed by atoms with van der Waals surface area (Å²) in [5.74, 6) is -0.227. The molecule has 0 aliphatic carbocycles. The number of aromatic hydroxyl groups is 1. The van der Waals surface area contributed by atoms with Crippen molar-refractivity contribution < 1.29 is 9.90 Å². The number of anilines is 1. The van der Waals surface area contributed by atoms with E-state index >= 15 is 0 Å². The van der Waals surface area contributed by atoms with Crippen molar-refractivity contribution in [3.05, 3.63) is 52.3 Å². The van der Waals surface area contributed by atoms with Crippen LogP contribution >= 0.6 is 23.2 Å². The van der Waals surface area contributed by atoms with E-state index in [2.05, 4.69) is 10.3 Å². The number of hydrogen-bond donors (Lipinski definition) is 2. The van der Waals surface area contributed by atoms with Crippen LogP contribution in [0.2, 0.25) is 10.3 Å². The van der Waals surface area contributed by atoms with Crippen molar-refractivity contribution in [2.75, 3.05) is 5.32 Å². The minimum Gasteiger partial charge on any atom is -0.508 e. The van der Waals surface area contributed by atoms with E-state index in [0.29, 0.717) is 11.3 Å². The third-order valence-corrected chi connectivity index (χ3v) is 2.54. The highest BCUT2D eigenvalue weighted by Crippen LogP contribution is 2.18. The number of aromatic nitrogens is 1. The van der Waals surface area contributed by atoms with Gasteiger partial charge in [-0.05, 0) is 36.4 Å². The van der Waals surface area contributed by atoms with Gasteiger partial charge in [0.15, 0.2) is 0 Å². The SMILES string of the molecule is O=C(Nc1ccc(O)cc1)c1cc(Cl)nc(Cl)c1. The third kappa shape index (κ3) is 3.12. The second-order valence-electron chi connectivity index (χ2n) is 3.50. The van der Waals surface area contributed by atoms with Crippen LogP contribution in [0.25, 0.3) is 0 Å². The topological polar surface area (TPSA) is 62.2 Å². The number of amides is 1. The average Bonchev–Trinajstić information content (AvgIpc) is 2.31. The Balaban J connectivity index is 2.19. The second-order valence-corrected chi connectivity index (χ2v) is 4.28. The quantitative estimate of drug-likeness (QED) is 0.656. The van der Waals surface area contributed by atoms with Crippen LogP contribution in [0.1, 0.15) is 10.4 Å². The molecule has 1 heterocycles. The van der Waals surface area contributed by atoms with Gasteiger partial charge in [0.05, 0.1) is 0 Å². The summed E-state index contributed by atoms with van der Waals surface area (Å²) in [7, 11) is 0. The summed E-state index contributed by atoms with van der Waals surface area (Å²) in [6.45, 7) is 0.